The van der Waals surface area contributed by atoms with E-state index in [9.17, 15) is 4.79 Å². The van der Waals surface area contributed by atoms with Gasteiger partial charge in [0.1, 0.15) is 5.78 Å². The highest BCUT2D eigenvalue weighted by molar-refractivity contribution is 5.86. The summed E-state index contributed by atoms with van der Waals surface area (Å²) in [4.78, 5) is 12.1. The Morgan fingerprint density at radius 2 is 1.93 bits per heavy atom. The van der Waals surface area contributed by atoms with Gasteiger partial charge in [0.2, 0.25) is 0 Å². The molecule has 0 heterocycles. The summed E-state index contributed by atoms with van der Waals surface area (Å²) in [5.41, 5.74) is 5.62. The summed E-state index contributed by atoms with van der Waals surface area (Å²) >= 11 is 0. The van der Waals surface area contributed by atoms with Crippen molar-refractivity contribution in [1.29, 1.82) is 0 Å². The standard InChI is InChI=1S/C12H23NO/c1-9(2)11(14)12(8-13)6-4-10(3)5-7-12/h9-10H,4-8,13H2,1-3H3. The lowest BCUT2D eigenvalue weighted by atomic mass is 9.66. The Hall–Kier alpha value is -0.370. The Balaban J connectivity index is 2.72. The molecule has 82 valence electrons. The average Bonchev–Trinajstić information content (AvgIpc) is 2.18. The van der Waals surface area contributed by atoms with Gasteiger partial charge in [-0.15, -0.1) is 0 Å². The van der Waals surface area contributed by atoms with Crippen LogP contribution in [0.25, 0.3) is 0 Å². The molecule has 0 saturated heterocycles. The lowest BCUT2D eigenvalue weighted by Gasteiger charge is -2.38. The zero-order chi connectivity index (χ0) is 10.8. The smallest absolute Gasteiger partial charge is 0.142 e. The van der Waals surface area contributed by atoms with E-state index in [2.05, 4.69) is 6.92 Å². The Labute approximate surface area is 87.2 Å². The van der Waals surface area contributed by atoms with Gasteiger partial charge < -0.3 is 5.73 Å². The molecule has 1 aliphatic carbocycles. The molecular weight excluding hydrogens is 174 g/mol. The van der Waals surface area contributed by atoms with Gasteiger partial charge in [-0.1, -0.05) is 20.8 Å². The van der Waals surface area contributed by atoms with Gasteiger partial charge in [0.15, 0.2) is 0 Å². The maximum absolute atomic E-state index is 12.1. The van der Waals surface area contributed by atoms with Crippen molar-refractivity contribution >= 4 is 5.78 Å². The number of hydrogen-bond acceptors (Lipinski definition) is 2. The van der Waals surface area contributed by atoms with Crippen molar-refractivity contribution in [2.24, 2.45) is 23.0 Å². The number of Topliss-reactive ketones (excluding diaryl/α,β-unsaturated/α-hetero) is 1. The second-order valence-corrected chi connectivity index (χ2v) is 5.19. The Bertz CT molecular complexity index is 202. The molecule has 0 atom stereocenters. The molecule has 2 N–H and O–H groups in total. The van der Waals surface area contributed by atoms with E-state index in [0.29, 0.717) is 12.3 Å². The fourth-order valence-electron chi connectivity index (χ4n) is 2.48. The first-order valence-corrected chi connectivity index (χ1v) is 5.76. The number of nitrogens with two attached hydrogens (primary N) is 1. The number of ketones is 1. The van der Waals surface area contributed by atoms with Crippen LogP contribution in [0.15, 0.2) is 0 Å². The molecule has 14 heavy (non-hydrogen) atoms. The molecule has 1 rings (SSSR count). The van der Waals surface area contributed by atoms with Crippen LogP contribution in [0.5, 0.6) is 0 Å². The highest BCUT2D eigenvalue weighted by Crippen LogP contribution is 2.40. The summed E-state index contributed by atoms with van der Waals surface area (Å²) in [5.74, 6) is 1.29. The lowest BCUT2D eigenvalue weighted by molar-refractivity contribution is -0.133. The van der Waals surface area contributed by atoms with Crippen molar-refractivity contribution in [1.82, 2.24) is 0 Å². The van der Waals surface area contributed by atoms with Crippen LogP contribution in [0, 0.1) is 17.3 Å². The minimum absolute atomic E-state index is 0.131. The van der Waals surface area contributed by atoms with Gasteiger partial charge in [0.25, 0.3) is 0 Å². The zero-order valence-corrected chi connectivity index (χ0v) is 9.68. The highest BCUT2D eigenvalue weighted by Gasteiger charge is 2.40. The number of carbonyl (C=O) groups is 1. The second-order valence-electron chi connectivity index (χ2n) is 5.19. The van der Waals surface area contributed by atoms with Gasteiger partial charge in [0, 0.05) is 17.9 Å². The quantitative estimate of drug-likeness (QED) is 0.754. The van der Waals surface area contributed by atoms with Crippen molar-refractivity contribution < 1.29 is 4.79 Å². The minimum Gasteiger partial charge on any atom is -0.329 e. The van der Waals surface area contributed by atoms with Crippen LogP contribution in [0.4, 0.5) is 0 Å². The van der Waals surface area contributed by atoms with Gasteiger partial charge in [-0.05, 0) is 31.6 Å². The summed E-state index contributed by atoms with van der Waals surface area (Å²) in [6, 6.07) is 0. The number of hydrogen-bond donors (Lipinski definition) is 1. The van der Waals surface area contributed by atoms with E-state index >= 15 is 0 Å². The van der Waals surface area contributed by atoms with Crippen LogP contribution < -0.4 is 5.73 Å². The van der Waals surface area contributed by atoms with Crippen LogP contribution in [0.1, 0.15) is 46.5 Å². The number of carbonyl (C=O) groups excluding carboxylic acids is 1. The van der Waals surface area contributed by atoms with Crippen LogP contribution in [0.3, 0.4) is 0 Å². The molecule has 0 unspecified atom stereocenters. The van der Waals surface area contributed by atoms with Crippen LogP contribution in [-0.2, 0) is 4.79 Å². The topological polar surface area (TPSA) is 43.1 Å². The molecule has 2 nitrogen and oxygen atoms in total. The van der Waals surface area contributed by atoms with E-state index in [-0.39, 0.29) is 11.3 Å². The fraction of sp³-hybridized carbons (Fsp3) is 0.917. The SMILES string of the molecule is CC1CCC(CN)(C(=O)C(C)C)CC1. The second kappa shape index (κ2) is 4.43. The lowest BCUT2D eigenvalue weighted by Crippen LogP contribution is -2.43. The van der Waals surface area contributed by atoms with E-state index in [4.69, 9.17) is 5.73 Å². The Morgan fingerprint density at radius 3 is 2.29 bits per heavy atom. The molecule has 2 heteroatoms. The maximum Gasteiger partial charge on any atom is 0.142 e. The molecule has 1 fully saturated rings. The van der Waals surface area contributed by atoms with Crippen molar-refractivity contribution in [2.75, 3.05) is 6.54 Å². The van der Waals surface area contributed by atoms with Gasteiger partial charge in [-0.25, -0.2) is 0 Å². The molecule has 0 aliphatic heterocycles. The first-order valence-electron chi connectivity index (χ1n) is 5.76. The molecule has 0 bridgehead atoms. The summed E-state index contributed by atoms with van der Waals surface area (Å²) < 4.78 is 0. The molecule has 0 spiro atoms. The van der Waals surface area contributed by atoms with E-state index in [1.807, 2.05) is 13.8 Å². The highest BCUT2D eigenvalue weighted by atomic mass is 16.1. The van der Waals surface area contributed by atoms with Crippen LogP contribution in [0.2, 0.25) is 0 Å². The van der Waals surface area contributed by atoms with E-state index < -0.39 is 0 Å². The summed E-state index contributed by atoms with van der Waals surface area (Å²) in [6.07, 6.45) is 4.33. The molecule has 0 aromatic heterocycles. The van der Waals surface area contributed by atoms with Crippen LogP contribution in [-0.4, -0.2) is 12.3 Å². The largest absolute Gasteiger partial charge is 0.329 e. The molecular formula is C12H23NO. The van der Waals surface area contributed by atoms with Gasteiger partial charge >= 0.3 is 0 Å². The van der Waals surface area contributed by atoms with E-state index in [0.717, 1.165) is 31.6 Å². The molecule has 0 amide bonds. The Kier molecular flexibility index (Phi) is 3.71. The average molecular weight is 197 g/mol. The van der Waals surface area contributed by atoms with Crippen molar-refractivity contribution in [3.05, 3.63) is 0 Å². The van der Waals surface area contributed by atoms with Gasteiger partial charge in [-0.2, -0.15) is 0 Å². The van der Waals surface area contributed by atoms with E-state index in [1.165, 1.54) is 0 Å². The Morgan fingerprint density at radius 1 is 1.43 bits per heavy atom. The van der Waals surface area contributed by atoms with Crippen LogP contribution >= 0.6 is 0 Å². The maximum atomic E-state index is 12.1. The van der Waals surface area contributed by atoms with E-state index in [1.54, 1.807) is 0 Å². The minimum atomic E-state index is -0.180. The van der Waals surface area contributed by atoms with Gasteiger partial charge in [0.05, 0.1) is 0 Å². The third-order valence-corrected chi connectivity index (χ3v) is 3.67. The first kappa shape index (κ1) is 11.7. The number of rotatable bonds is 3. The summed E-state index contributed by atoms with van der Waals surface area (Å²) in [6.45, 7) is 6.77. The monoisotopic (exact) mass is 197 g/mol. The van der Waals surface area contributed by atoms with Crippen molar-refractivity contribution in [3.8, 4) is 0 Å². The molecule has 1 aliphatic rings. The zero-order valence-electron chi connectivity index (χ0n) is 9.68. The predicted molar refractivity (Wildman–Crippen MR) is 59.0 cm³/mol. The molecule has 0 aromatic carbocycles. The fourth-order valence-corrected chi connectivity index (χ4v) is 2.48. The molecule has 0 aromatic rings. The molecule has 0 radical (unpaired) electrons. The van der Waals surface area contributed by atoms with Crippen molar-refractivity contribution in [2.45, 2.75) is 46.5 Å². The predicted octanol–water partition coefficient (Wildman–Crippen LogP) is 2.37. The third-order valence-electron chi connectivity index (χ3n) is 3.67. The summed E-state index contributed by atoms with van der Waals surface area (Å²) in [5, 5.41) is 0. The third kappa shape index (κ3) is 2.17. The van der Waals surface area contributed by atoms with Gasteiger partial charge in [-0.3, -0.25) is 4.79 Å². The first-order chi connectivity index (χ1) is 6.52. The molecule has 1 saturated carbocycles. The summed E-state index contributed by atoms with van der Waals surface area (Å²) in [7, 11) is 0. The normalized spacial score (nSPS) is 33.4. The van der Waals surface area contributed by atoms with Crippen molar-refractivity contribution in [3.63, 3.8) is 0 Å².